The van der Waals surface area contributed by atoms with Gasteiger partial charge in [0.1, 0.15) is 0 Å². The average Bonchev–Trinajstić information content (AvgIpc) is 2.18. The molecule has 0 amide bonds. The van der Waals surface area contributed by atoms with E-state index in [9.17, 15) is 0 Å². The predicted molar refractivity (Wildman–Crippen MR) is 56.7 cm³/mol. The van der Waals surface area contributed by atoms with Crippen LogP contribution in [0.5, 0.6) is 0 Å². The highest BCUT2D eigenvalue weighted by Crippen LogP contribution is 1.95. The van der Waals surface area contributed by atoms with Crippen molar-refractivity contribution in [3.8, 4) is 0 Å². The molecular weight excluding hydrogens is 174 g/mol. The summed E-state index contributed by atoms with van der Waals surface area (Å²) in [5, 5.41) is 0. The summed E-state index contributed by atoms with van der Waals surface area (Å²) >= 11 is 0. The number of pyridine rings is 1. The number of nitrogens with zero attached hydrogens (tertiary/aromatic N) is 1. The minimum atomic E-state index is 0.762. The van der Waals surface area contributed by atoms with Crippen molar-refractivity contribution in [3.63, 3.8) is 0 Å². The number of aromatic nitrogens is 1. The Balaban J connectivity index is 2.14. The Labute approximate surface area is 85.8 Å². The van der Waals surface area contributed by atoms with E-state index < -0.39 is 0 Å². The smallest absolute Gasteiger partial charge is 0.222 e. The fourth-order valence-electron chi connectivity index (χ4n) is 1.11. The lowest BCUT2D eigenvalue weighted by atomic mass is 10.2. The van der Waals surface area contributed by atoms with Gasteiger partial charge in [0.2, 0.25) is 12.4 Å². The fourth-order valence-corrected chi connectivity index (χ4v) is 1.11. The van der Waals surface area contributed by atoms with Crippen molar-refractivity contribution in [1.82, 2.24) is 0 Å². The van der Waals surface area contributed by atoms with Gasteiger partial charge in [-0.05, 0) is 26.7 Å². The van der Waals surface area contributed by atoms with E-state index in [2.05, 4.69) is 19.9 Å². The number of allylic oxidation sites excluding steroid dienone is 2. The van der Waals surface area contributed by atoms with Gasteiger partial charge in [-0.25, -0.2) is 0 Å². The van der Waals surface area contributed by atoms with Crippen LogP contribution in [-0.4, -0.2) is 6.61 Å². The van der Waals surface area contributed by atoms with E-state index >= 15 is 0 Å². The van der Waals surface area contributed by atoms with Crippen molar-refractivity contribution in [2.75, 3.05) is 6.61 Å². The maximum Gasteiger partial charge on any atom is 0.222 e. The zero-order valence-corrected chi connectivity index (χ0v) is 8.94. The van der Waals surface area contributed by atoms with Crippen LogP contribution in [-0.2, 0) is 0 Å². The molecule has 1 aromatic heterocycles. The highest BCUT2D eigenvalue weighted by Gasteiger charge is 1.96. The third-order valence-corrected chi connectivity index (χ3v) is 1.83. The Morgan fingerprint density at radius 1 is 1.21 bits per heavy atom. The molecule has 0 fully saturated rings. The van der Waals surface area contributed by atoms with E-state index in [0.717, 1.165) is 19.4 Å². The molecule has 0 aliphatic carbocycles. The van der Waals surface area contributed by atoms with Gasteiger partial charge >= 0.3 is 0 Å². The average molecular weight is 192 g/mol. The Morgan fingerprint density at radius 2 is 1.93 bits per heavy atom. The number of hydrogen-bond donors (Lipinski definition) is 0. The van der Waals surface area contributed by atoms with Gasteiger partial charge in [-0.1, -0.05) is 17.7 Å². The lowest BCUT2D eigenvalue weighted by Gasteiger charge is -1.96. The second-order valence-electron chi connectivity index (χ2n) is 3.49. The van der Waals surface area contributed by atoms with Gasteiger partial charge in [0.15, 0.2) is 6.61 Å². The zero-order valence-electron chi connectivity index (χ0n) is 8.94. The lowest BCUT2D eigenvalue weighted by molar-refractivity contribution is -0.891. The van der Waals surface area contributed by atoms with Crippen LogP contribution < -0.4 is 9.57 Å². The van der Waals surface area contributed by atoms with Crippen LogP contribution in [0, 0.1) is 0 Å². The van der Waals surface area contributed by atoms with Gasteiger partial charge in [-0.2, -0.15) is 0 Å². The molecule has 0 spiro atoms. The monoisotopic (exact) mass is 192 g/mol. The van der Waals surface area contributed by atoms with Gasteiger partial charge in [-0.3, -0.25) is 4.84 Å². The van der Waals surface area contributed by atoms with Gasteiger partial charge in [0.25, 0.3) is 0 Å². The standard InChI is InChI=1S/C12H18NO/c1-12(2)8-4-7-11-14-13-9-5-3-6-10-13/h3,5-6,8-10H,4,7,11H2,1-2H3/q+1. The van der Waals surface area contributed by atoms with Crippen LogP contribution in [0.15, 0.2) is 42.2 Å². The molecule has 2 nitrogen and oxygen atoms in total. The molecule has 0 saturated carbocycles. The maximum atomic E-state index is 5.48. The first kappa shape index (κ1) is 10.8. The molecule has 76 valence electrons. The summed E-state index contributed by atoms with van der Waals surface area (Å²) in [6, 6.07) is 5.88. The van der Waals surface area contributed by atoms with Crippen molar-refractivity contribution in [2.24, 2.45) is 0 Å². The molecule has 0 aliphatic heterocycles. The largest absolute Gasteiger partial charge is 0.271 e. The van der Waals surface area contributed by atoms with Gasteiger partial charge in [-0.15, -0.1) is 0 Å². The highest BCUT2D eigenvalue weighted by molar-refractivity contribution is 4.92. The van der Waals surface area contributed by atoms with Crippen molar-refractivity contribution in [1.29, 1.82) is 0 Å². The Morgan fingerprint density at radius 3 is 2.57 bits per heavy atom. The summed E-state index contributed by atoms with van der Waals surface area (Å²) in [6.45, 7) is 5.00. The summed E-state index contributed by atoms with van der Waals surface area (Å²) in [7, 11) is 0. The molecule has 0 bridgehead atoms. The predicted octanol–water partition coefficient (Wildman–Crippen LogP) is 2.15. The van der Waals surface area contributed by atoms with Crippen LogP contribution in [0.2, 0.25) is 0 Å². The minimum Gasteiger partial charge on any atom is -0.271 e. The minimum absolute atomic E-state index is 0.762. The van der Waals surface area contributed by atoms with E-state index in [1.165, 1.54) is 5.57 Å². The second-order valence-corrected chi connectivity index (χ2v) is 3.49. The van der Waals surface area contributed by atoms with E-state index in [-0.39, 0.29) is 0 Å². The van der Waals surface area contributed by atoms with Crippen molar-refractivity contribution >= 4 is 0 Å². The molecule has 1 rings (SSSR count). The Hall–Kier alpha value is -1.31. The summed E-state index contributed by atoms with van der Waals surface area (Å²) in [6.07, 6.45) is 8.20. The SMILES string of the molecule is CC(C)=CCCCO[n+]1ccccc1. The zero-order chi connectivity index (χ0) is 10.2. The number of rotatable bonds is 5. The Bertz CT molecular complexity index is 276. The van der Waals surface area contributed by atoms with Crippen LogP contribution in [0.25, 0.3) is 0 Å². The maximum absolute atomic E-state index is 5.48. The highest BCUT2D eigenvalue weighted by atomic mass is 16.7. The lowest BCUT2D eigenvalue weighted by Crippen LogP contribution is -2.42. The fraction of sp³-hybridized carbons (Fsp3) is 0.417. The van der Waals surface area contributed by atoms with Crippen LogP contribution in [0.1, 0.15) is 26.7 Å². The normalized spacial score (nSPS) is 9.57. The summed E-state index contributed by atoms with van der Waals surface area (Å²) < 4.78 is 1.74. The Kier molecular flexibility index (Phi) is 4.76. The molecule has 1 aromatic rings. The molecule has 0 aliphatic rings. The summed E-state index contributed by atoms with van der Waals surface area (Å²) in [4.78, 5) is 5.48. The summed E-state index contributed by atoms with van der Waals surface area (Å²) in [5.41, 5.74) is 1.37. The van der Waals surface area contributed by atoms with Crippen LogP contribution in [0.3, 0.4) is 0 Å². The molecule has 0 atom stereocenters. The van der Waals surface area contributed by atoms with E-state index in [1.807, 2.05) is 30.6 Å². The van der Waals surface area contributed by atoms with Crippen LogP contribution >= 0.6 is 0 Å². The van der Waals surface area contributed by atoms with Gasteiger partial charge < -0.3 is 0 Å². The second kappa shape index (κ2) is 6.19. The van der Waals surface area contributed by atoms with E-state index in [0.29, 0.717) is 0 Å². The third kappa shape index (κ3) is 4.65. The molecule has 0 unspecified atom stereocenters. The first-order valence-corrected chi connectivity index (χ1v) is 5.02. The molecule has 2 heteroatoms. The third-order valence-electron chi connectivity index (χ3n) is 1.83. The van der Waals surface area contributed by atoms with Crippen molar-refractivity contribution in [3.05, 3.63) is 42.2 Å². The molecule has 0 N–H and O–H groups in total. The van der Waals surface area contributed by atoms with E-state index in [4.69, 9.17) is 4.84 Å². The van der Waals surface area contributed by atoms with Crippen molar-refractivity contribution in [2.45, 2.75) is 26.7 Å². The molecule has 0 saturated heterocycles. The van der Waals surface area contributed by atoms with E-state index in [1.54, 1.807) is 4.73 Å². The molecule has 0 radical (unpaired) electrons. The molecule has 1 heterocycles. The molecular formula is C12H18NO+. The molecule has 14 heavy (non-hydrogen) atoms. The summed E-state index contributed by atoms with van der Waals surface area (Å²) in [5.74, 6) is 0. The van der Waals surface area contributed by atoms with Gasteiger partial charge in [0, 0.05) is 16.9 Å². The number of unbranched alkanes of at least 4 members (excludes halogenated alkanes) is 1. The van der Waals surface area contributed by atoms with Gasteiger partial charge in [0.05, 0.1) is 0 Å². The first-order valence-electron chi connectivity index (χ1n) is 5.02. The van der Waals surface area contributed by atoms with Crippen LogP contribution in [0.4, 0.5) is 0 Å². The quantitative estimate of drug-likeness (QED) is 0.396. The topological polar surface area (TPSA) is 13.1 Å². The van der Waals surface area contributed by atoms with Crippen molar-refractivity contribution < 1.29 is 9.57 Å². The molecule has 0 aromatic carbocycles. The number of hydrogen-bond acceptors (Lipinski definition) is 1. The first-order chi connectivity index (χ1) is 6.79.